The van der Waals surface area contributed by atoms with Gasteiger partial charge in [-0.15, -0.1) is 0 Å². The van der Waals surface area contributed by atoms with E-state index in [1.54, 1.807) is 0 Å². The number of nitrogens with zero attached hydrogens (tertiary/aromatic N) is 1. The Morgan fingerprint density at radius 3 is 1.08 bits per heavy atom. The van der Waals surface area contributed by atoms with Gasteiger partial charge in [-0.3, -0.25) is 0 Å². The quantitative estimate of drug-likeness (QED) is 0.176. The smallest absolute Gasteiger partial charge is 0.135 e. The zero-order valence-corrected chi connectivity index (χ0v) is 26.7. The molecular weight excluding hydrogens is 599 g/mol. The molecule has 7 aromatic carbocycles. The van der Waals surface area contributed by atoms with Gasteiger partial charge >= 0.3 is 0 Å². The summed E-state index contributed by atoms with van der Waals surface area (Å²) in [7, 11) is 0. The van der Waals surface area contributed by atoms with E-state index < -0.39 is 0 Å². The molecule has 0 N–H and O–H groups in total. The second kappa shape index (κ2) is 12.2. The van der Waals surface area contributed by atoms with Gasteiger partial charge in [0.25, 0.3) is 0 Å². The molecule has 3 heteroatoms. The summed E-state index contributed by atoms with van der Waals surface area (Å²) in [6, 6.07) is 65.5. The van der Waals surface area contributed by atoms with Gasteiger partial charge in [-0.1, -0.05) is 127 Å². The number of anilines is 3. The molecule has 0 aliphatic carbocycles. The van der Waals surface area contributed by atoms with Crippen LogP contribution in [-0.2, 0) is 0 Å². The lowest BCUT2D eigenvalue weighted by atomic mass is 10.0. The normalized spacial score (nSPS) is 11.3. The Kier molecular flexibility index (Phi) is 7.14. The summed E-state index contributed by atoms with van der Waals surface area (Å²) < 4.78 is 12.5. The van der Waals surface area contributed by atoms with E-state index in [0.29, 0.717) is 0 Å². The van der Waals surface area contributed by atoms with Gasteiger partial charge in [0.05, 0.1) is 0 Å². The molecule has 0 aliphatic heterocycles. The van der Waals surface area contributed by atoms with E-state index >= 15 is 0 Å². The van der Waals surface area contributed by atoms with Crippen molar-refractivity contribution in [2.75, 3.05) is 4.90 Å². The summed E-state index contributed by atoms with van der Waals surface area (Å²) in [6.45, 7) is 0. The molecule has 0 saturated heterocycles. The first-order valence-electron chi connectivity index (χ1n) is 16.5. The van der Waals surface area contributed by atoms with Gasteiger partial charge in [0.2, 0.25) is 0 Å². The van der Waals surface area contributed by atoms with Crippen LogP contribution in [0.1, 0.15) is 0 Å². The lowest BCUT2D eigenvalue weighted by molar-refractivity contribution is 0.631. The Hall–Kier alpha value is -6.58. The molecule has 0 atom stereocenters. The molecule has 0 radical (unpaired) electrons. The molecule has 0 aliphatic rings. The summed E-state index contributed by atoms with van der Waals surface area (Å²) in [5.74, 6) is 1.76. The van der Waals surface area contributed by atoms with Gasteiger partial charge in [0, 0.05) is 39.0 Å². The Labute approximate surface area is 284 Å². The third-order valence-electron chi connectivity index (χ3n) is 9.09. The monoisotopic (exact) mass is 629 g/mol. The molecule has 0 amide bonds. The van der Waals surface area contributed by atoms with Crippen molar-refractivity contribution in [2.45, 2.75) is 0 Å². The van der Waals surface area contributed by atoms with Gasteiger partial charge in [-0.25, -0.2) is 0 Å². The van der Waals surface area contributed by atoms with Crippen molar-refractivity contribution in [2.24, 2.45) is 0 Å². The Morgan fingerprint density at radius 2 is 0.653 bits per heavy atom. The van der Waals surface area contributed by atoms with Crippen LogP contribution in [0.15, 0.2) is 197 Å². The summed E-state index contributed by atoms with van der Waals surface area (Å²) in [5.41, 5.74) is 11.7. The summed E-state index contributed by atoms with van der Waals surface area (Å²) in [6.07, 6.45) is 0. The zero-order chi connectivity index (χ0) is 32.6. The highest BCUT2D eigenvalue weighted by molar-refractivity contribution is 5.89. The molecule has 2 heterocycles. The maximum absolute atomic E-state index is 6.26. The van der Waals surface area contributed by atoms with Crippen LogP contribution < -0.4 is 4.90 Å². The fourth-order valence-electron chi connectivity index (χ4n) is 6.54. The van der Waals surface area contributed by atoms with Crippen molar-refractivity contribution in [1.29, 1.82) is 0 Å². The van der Waals surface area contributed by atoms with E-state index in [9.17, 15) is 0 Å². The minimum Gasteiger partial charge on any atom is -0.456 e. The molecule has 49 heavy (non-hydrogen) atoms. The first-order chi connectivity index (χ1) is 24.2. The molecule has 2 aromatic heterocycles. The second-order valence-corrected chi connectivity index (χ2v) is 12.2. The third-order valence-corrected chi connectivity index (χ3v) is 9.09. The standard InChI is InChI=1S/C46H31NO2/c1-4-10-34(11-5-1)43-30-38-18-16-36(28-45(38)48-43)32-20-24-41(25-21-32)47(40-14-8-3-9-15-40)42-26-22-33(23-27-42)37-17-19-39-31-44(49-46(39)29-37)35-12-6-2-7-13-35/h1-31H. The number of furan rings is 2. The van der Waals surface area contributed by atoms with Crippen molar-refractivity contribution in [3.05, 3.63) is 188 Å². The zero-order valence-electron chi connectivity index (χ0n) is 26.7. The van der Waals surface area contributed by atoms with E-state index in [1.165, 1.54) is 0 Å². The molecule has 232 valence electrons. The van der Waals surface area contributed by atoms with Crippen LogP contribution in [0.5, 0.6) is 0 Å². The molecule has 9 rings (SSSR count). The maximum Gasteiger partial charge on any atom is 0.135 e. The van der Waals surface area contributed by atoms with Crippen molar-refractivity contribution in [3.8, 4) is 44.9 Å². The molecule has 0 unspecified atom stereocenters. The van der Waals surface area contributed by atoms with Gasteiger partial charge in [-0.05, 0) is 82.9 Å². The van der Waals surface area contributed by atoms with E-state index in [4.69, 9.17) is 8.83 Å². The highest BCUT2D eigenvalue weighted by Crippen LogP contribution is 2.38. The van der Waals surface area contributed by atoms with Crippen LogP contribution in [0.3, 0.4) is 0 Å². The number of hydrogen-bond donors (Lipinski definition) is 0. The summed E-state index contributed by atoms with van der Waals surface area (Å²) in [4.78, 5) is 2.29. The van der Waals surface area contributed by atoms with Gasteiger partial charge < -0.3 is 13.7 Å². The van der Waals surface area contributed by atoms with Crippen molar-refractivity contribution >= 4 is 39.0 Å². The molecule has 9 aromatic rings. The largest absolute Gasteiger partial charge is 0.456 e. The van der Waals surface area contributed by atoms with Gasteiger partial charge in [-0.2, -0.15) is 0 Å². The summed E-state index contributed by atoms with van der Waals surface area (Å²) >= 11 is 0. The number of hydrogen-bond acceptors (Lipinski definition) is 3. The minimum absolute atomic E-state index is 0.881. The molecule has 0 spiro atoms. The van der Waals surface area contributed by atoms with E-state index in [0.717, 1.165) is 83.9 Å². The molecule has 0 fully saturated rings. The lowest BCUT2D eigenvalue weighted by Gasteiger charge is -2.26. The first kappa shape index (κ1) is 28.6. The average Bonchev–Trinajstić information content (AvgIpc) is 3.81. The van der Waals surface area contributed by atoms with Crippen LogP contribution in [0.2, 0.25) is 0 Å². The maximum atomic E-state index is 6.26. The summed E-state index contributed by atoms with van der Waals surface area (Å²) in [5, 5.41) is 2.19. The Bertz CT molecular complexity index is 2350. The van der Waals surface area contributed by atoms with Crippen LogP contribution in [0.4, 0.5) is 17.1 Å². The van der Waals surface area contributed by atoms with Crippen LogP contribution >= 0.6 is 0 Å². The first-order valence-corrected chi connectivity index (χ1v) is 16.5. The number of rotatable bonds is 7. The average molecular weight is 630 g/mol. The van der Waals surface area contributed by atoms with Crippen LogP contribution in [0.25, 0.3) is 66.8 Å². The number of benzene rings is 7. The fourth-order valence-corrected chi connectivity index (χ4v) is 6.54. The topological polar surface area (TPSA) is 29.5 Å². The van der Waals surface area contributed by atoms with Crippen LogP contribution in [0, 0.1) is 0 Å². The third kappa shape index (κ3) is 5.58. The highest BCUT2D eigenvalue weighted by atomic mass is 16.3. The van der Waals surface area contributed by atoms with Crippen molar-refractivity contribution in [1.82, 2.24) is 0 Å². The number of para-hydroxylation sites is 1. The predicted octanol–water partition coefficient (Wildman–Crippen LogP) is 13.3. The molecule has 3 nitrogen and oxygen atoms in total. The van der Waals surface area contributed by atoms with Gasteiger partial charge in [0.1, 0.15) is 22.7 Å². The van der Waals surface area contributed by atoms with Crippen LogP contribution in [-0.4, -0.2) is 0 Å². The van der Waals surface area contributed by atoms with Crippen molar-refractivity contribution in [3.63, 3.8) is 0 Å². The second-order valence-electron chi connectivity index (χ2n) is 12.2. The fraction of sp³-hybridized carbons (Fsp3) is 0. The van der Waals surface area contributed by atoms with E-state index in [-0.39, 0.29) is 0 Å². The Morgan fingerprint density at radius 1 is 0.286 bits per heavy atom. The minimum atomic E-state index is 0.881. The van der Waals surface area contributed by atoms with E-state index in [2.05, 4.69) is 157 Å². The number of fused-ring (bicyclic) bond motifs is 2. The molecule has 0 saturated carbocycles. The molecular formula is C46H31NO2. The SMILES string of the molecule is c1ccc(-c2cc3ccc(-c4ccc(N(c5ccccc5)c5ccc(-c6ccc7cc(-c8ccccc8)oc7c6)cc5)cc4)cc3o2)cc1. The molecule has 0 bridgehead atoms. The Balaban J connectivity index is 1.01. The lowest BCUT2D eigenvalue weighted by Crippen LogP contribution is -2.09. The van der Waals surface area contributed by atoms with E-state index in [1.807, 2.05) is 36.4 Å². The highest BCUT2D eigenvalue weighted by Gasteiger charge is 2.14. The predicted molar refractivity (Wildman–Crippen MR) is 202 cm³/mol. The van der Waals surface area contributed by atoms with Gasteiger partial charge in [0.15, 0.2) is 0 Å². The van der Waals surface area contributed by atoms with Crippen molar-refractivity contribution < 1.29 is 8.83 Å².